The molecule has 0 radical (unpaired) electrons. The van der Waals surface area contributed by atoms with Crippen LogP contribution < -0.4 is 4.74 Å². The van der Waals surface area contributed by atoms with Gasteiger partial charge in [-0.25, -0.2) is 0 Å². The van der Waals surface area contributed by atoms with Gasteiger partial charge in [0.2, 0.25) is 0 Å². The maximum atomic E-state index is 5.99. The molecule has 1 aromatic heterocycles. The first-order chi connectivity index (χ1) is 9.90. The summed E-state index contributed by atoms with van der Waals surface area (Å²) in [7, 11) is 0. The molecule has 1 aliphatic heterocycles. The number of ether oxygens (including phenoxy) is 2. The Morgan fingerprint density at radius 1 is 1.00 bits per heavy atom. The smallest absolute Gasteiger partial charge is 0.145 e. The van der Waals surface area contributed by atoms with Crippen LogP contribution in [0.25, 0.3) is 22.2 Å². The van der Waals surface area contributed by atoms with Crippen LogP contribution in [0.5, 0.6) is 5.75 Å². The molecule has 3 heteroatoms. The van der Waals surface area contributed by atoms with Crippen molar-refractivity contribution in [3.05, 3.63) is 54.6 Å². The van der Waals surface area contributed by atoms with Gasteiger partial charge in [-0.15, -0.1) is 0 Å². The molecule has 0 unspecified atom stereocenters. The highest BCUT2D eigenvalue weighted by molar-refractivity contribution is 5.86. The molecule has 1 saturated heterocycles. The molecule has 2 heterocycles. The number of benzene rings is 2. The predicted molar refractivity (Wildman–Crippen MR) is 79.0 cm³/mol. The minimum atomic E-state index is 0.181. The topological polar surface area (TPSA) is 34.2 Å². The summed E-state index contributed by atoms with van der Waals surface area (Å²) in [5.74, 6) is 0.910. The molecule has 20 heavy (non-hydrogen) atoms. The van der Waals surface area contributed by atoms with E-state index in [0.29, 0.717) is 13.2 Å². The molecule has 1 fully saturated rings. The Hall–Kier alpha value is -2.26. The first-order valence-electron chi connectivity index (χ1n) is 6.82. The Morgan fingerprint density at radius 3 is 2.60 bits per heavy atom. The third-order valence-corrected chi connectivity index (χ3v) is 3.61. The van der Waals surface area contributed by atoms with Gasteiger partial charge in [0.1, 0.15) is 11.9 Å². The van der Waals surface area contributed by atoms with E-state index in [1.54, 1.807) is 0 Å². The van der Waals surface area contributed by atoms with Gasteiger partial charge in [0.05, 0.1) is 18.9 Å². The quantitative estimate of drug-likeness (QED) is 0.785. The molecule has 1 aliphatic rings. The van der Waals surface area contributed by atoms with Crippen molar-refractivity contribution in [3.8, 4) is 17.0 Å². The molecule has 0 bridgehead atoms. The van der Waals surface area contributed by atoms with E-state index in [1.807, 2.05) is 30.3 Å². The van der Waals surface area contributed by atoms with Crippen molar-refractivity contribution in [1.82, 2.24) is 4.98 Å². The first kappa shape index (κ1) is 11.6. The number of hydrogen-bond donors (Lipinski definition) is 1. The van der Waals surface area contributed by atoms with Crippen molar-refractivity contribution in [3.63, 3.8) is 0 Å². The molecule has 0 aliphatic carbocycles. The predicted octanol–water partition coefficient (Wildman–Crippen LogP) is 3.61. The molecule has 4 rings (SSSR count). The van der Waals surface area contributed by atoms with Gasteiger partial charge in [-0.05, 0) is 24.3 Å². The normalized spacial score (nSPS) is 15.2. The van der Waals surface area contributed by atoms with Gasteiger partial charge >= 0.3 is 0 Å². The van der Waals surface area contributed by atoms with Crippen LogP contribution in [-0.4, -0.2) is 24.3 Å². The maximum Gasteiger partial charge on any atom is 0.145 e. The molecule has 0 spiro atoms. The summed E-state index contributed by atoms with van der Waals surface area (Å²) in [6, 6.07) is 18.6. The van der Waals surface area contributed by atoms with Crippen molar-refractivity contribution in [2.45, 2.75) is 6.10 Å². The summed E-state index contributed by atoms with van der Waals surface area (Å²) in [5.41, 5.74) is 3.32. The van der Waals surface area contributed by atoms with E-state index in [9.17, 15) is 0 Å². The molecule has 0 amide bonds. The fraction of sp³-hybridized carbons (Fsp3) is 0.176. The molecule has 1 N–H and O–H groups in total. The van der Waals surface area contributed by atoms with Crippen LogP contribution in [0.15, 0.2) is 54.6 Å². The average molecular weight is 265 g/mol. The Morgan fingerprint density at radius 2 is 1.80 bits per heavy atom. The van der Waals surface area contributed by atoms with E-state index in [-0.39, 0.29) is 6.10 Å². The van der Waals surface area contributed by atoms with Gasteiger partial charge in [-0.3, -0.25) is 0 Å². The van der Waals surface area contributed by atoms with E-state index >= 15 is 0 Å². The van der Waals surface area contributed by atoms with Gasteiger partial charge in [0.25, 0.3) is 0 Å². The van der Waals surface area contributed by atoms with E-state index in [0.717, 1.165) is 22.5 Å². The SMILES string of the molecule is c1ccc(-c2cc3ccccc3[nH]2)c(OC2COC2)c1. The summed E-state index contributed by atoms with van der Waals surface area (Å²) >= 11 is 0. The van der Waals surface area contributed by atoms with Crippen LogP contribution >= 0.6 is 0 Å². The third kappa shape index (κ3) is 1.96. The van der Waals surface area contributed by atoms with Gasteiger partial charge in [-0.1, -0.05) is 30.3 Å². The molecular weight excluding hydrogens is 250 g/mol. The summed E-state index contributed by atoms with van der Waals surface area (Å²) in [6.07, 6.45) is 0.181. The zero-order chi connectivity index (χ0) is 13.4. The summed E-state index contributed by atoms with van der Waals surface area (Å²) in [5, 5.41) is 1.21. The van der Waals surface area contributed by atoms with E-state index in [4.69, 9.17) is 9.47 Å². The number of fused-ring (bicyclic) bond motifs is 1. The van der Waals surface area contributed by atoms with Crippen molar-refractivity contribution in [2.75, 3.05) is 13.2 Å². The lowest BCUT2D eigenvalue weighted by Crippen LogP contribution is -2.38. The average Bonchev–Trinajstić information content (AvgIpc) is 2.87. The lowest BCUT2D eigenvalue weighted by molar-refractivity contribution is -0.0794. The second kappa shape index (κ2) is 4.69. The first-order valence-corrected chi connectivity index (χ1v) is 6.82. The van der Waals surface area contributed by atoms with Crippen LogP contribution in [0.1, 0.15) is 0 Å². The number of aromatic nitrogens is 1. The zero-order valence-electron chi connectivity index (χ0n) is 11.0. The molecule has 3 nitrogen and oxygen atoms in total. The molecule has 2 aromatic carbocycles. The van der Waals surface area contributed by atoms with Crippen molar-refractivity contribution in [1.29, 1.82) is 0 Å². The van der Waals surface area contributed by atoms with E-state index in [1.165, 1.54) is 5.39 Å². The second-order valence-corrected chi connectivity index (χ2v) is 5.04. The van der Waals surface area contributed by atoms with E-state index in [2.05, 4.69) is 29.2 Å². The number of H-pyrrole nitrogens is 1. The highest BCUT2D eigenvalue weighted by Crippen LogP contribution is 2.32. The zero-order valence-corrected chi connectivity index (χ0v) is 11.0. The Labute approximate surface area is 117 Å². The van der Waals surface area contributed by atoms with Crippen LogP contribution in [0.4, 0.5) is 0 Å². The summed E-state index contributed by atoms with van der Waals surface area (Å²) in [4.78, 5) is 3.45. The van der Waals surface area contributed by atoms with E-state index < -0.39 is 0 Å². The van der Waals surface area contributed by atoms with Crippen LogP contribution in [0.3, 0.4) is 0 Å². The Bertz CT molecular complexity index is 710. The van der Waals surface area contributed by atoms with Crippen LogP contribution in [0, 0.1) is 0 Å². The largest absolute Gasteiger partial charge is 0.485 e. The number of nitrogens with one attached hydrogen (secondary N) is 1. The monoisotopic (exact) mass is 265 g/mol. The molecule has 100 valence electrons. The Balaban J connectivity index is 1.76. The molecule has 0 saturated carbocycles. The minimum Gasteiger partial charge on any atom is -0.485 e. The molecule has 0 atom stereocenters. The number of rotatable bonds is 3. The molecule has 3 aromatic rings. The molecular formula is C17H15NO2. The van der Waals surface area contributed by atoms with Gasteiger partial charge in [0, 0.05) is 16.5 Å². The number of hydrogen-bond acceptors (Lipinski definition) is 2. The van der Waals surface area contributed by atoms with Crippen LogP contribution in [0.2, 0.25) is 0 Å². The highest BCUT2D eigenvalue weighted by atomic mass is 16.6. The summed E-state index contributed by atoms with van der Waals surface area (Å²) in [6.45, 7) is 1.36. The Kier molecular flexibility index (Phi) is 2.71. The second-order valence-electron chi connectivity index (χ2n) is 5.04. The van der Waals surface area contributed by atoms with Gasteiger partial charge in [-0.2, -0.15) is 0 Å². The van der Waals surface area contributed by atoms with Gasteiger partial charge in [0.15, 0.2) is 0 Å². The third-order valence-electron chi connectivity index (χ3n) is 3.61. The van der Waals surface area contributed by atoms with Crippen molar-refractivity contribution in [2.24, 2.45) is 0 Å². The lowest BCUT2D eigenvalue weighted by Gasteiger charge is -2.27. The fourth-order valence-corrected chi connectivity index (χ4v) is 2.47. The van der Waals surface area contributed by atoms with Crippen molar-refractivity contribution >= 4 is 10.9 Å². The minimum absolute atomic E-state index is 0.181. The van der Waals surface area contributed by atoms with Crippen molar-refractivity contribution < 1.29 is 9.47 Å². The maximum absolute atomic E-state index is 5.99. The standard InChI is InChI=1S/C17H15NO2/c1-3-7-15-12(5-1)9-16(18-15)14-6-2-4-8-17(14)20-13-10-19-11-13/h1-9,13,18H,10-11H2. The summed E-state index contributed by atoms with van der Waals surface area (Å²) < 4.78 is 11.2. The lowest BCUT2D eigenvalue weighted by atomic mass is 10.1. The highest BCUT2D eigenvalue weighted by Gasteiger charge is 2.21. The van der Waals surface area contributed by atoms with Gasteiger partial charge < -0.3 is 14.5 Å². The fourth-order valence-electron chi connectivity index (χ4n) is 2.47. The number of aromatic amines is 1. The van der Waals surface area contributed by atoms with Crippen LogP contribution in [-0.2, 0) is 4.74 Å². The number of para-hydroxylation sites is 2.